The Morgan fingerprint density at radius 2 is 2.00 bits per heavy atom. The zero-order valence-electron chi connectivity index (χ0n) is 11.9. The van der Waals surface area contributed by atoms with Crippen molar-refractivity contribution in [2.75, 3.05) is 25.1 Å². The summed E-state index contributed by atoms with van der Waals surface area (Å²) in [6, 6.07) is 0. The number of esters is 1. The molecule has 7 heteroatoms. The van der Waals surface area contributed by atoms with Gasteiger partial charge in [0.15, 0.2) is 0 Å². The molecule has 0 bridgehead atoms. The van der Waals surface area contributed by atoms with Gasteiger partial charge in [-0.1, -0.05) is 11.6 Å². The predicted octanol–water partition coefficient (Wildman–Crippen LogP) is 3.29. The van der Waals surface area contributed by atoms with Crippen LogP contribution < -0.4 is 4.90 Å². The van der Waals surface area contributed by atoms with Crippen LogP contribution in [-0.4, -0.2) is 36.1 Å². The molecule has 0 aliphatic heterocycles. The third-order valence-corrected chi connectivity index (χ3v) is 4.59. The van der Waals surface area contributed by atoms with Gasteiger partial charge in [-0.25, -0.2) is 14.8 Å². The topological polar surface area (TPSA) is 55.3 Å². The zero-order chi connectivity index (χ0) is 14.9. The number of carbonyl (C=O) groups excluding carboxylic acids is 1. The highest BCUT2D eigenvalue weighted by Crippen LogP contribution is 2.35. The van der Waals surface area contributed by atoms with Crippen molar-refractivity contribution < 1.29 is 9.53 Å². The van der Waals surface area contributed by atoms with Crippen LogP contribution in [0.15, 0.2) is 0 Å². The van der Waals surface area contributed by atoms with Gasteiger partial charge in [-0.05, 0) is 26.3 Å². The first-order valence-corrected chi connectivity index (χ1v) is 7.52. The Balaban J connectivity index is 2.64. The van der Waals surface area contributed by atoms with Crippen molar-refractivity contribution in [2.24, 2.45) is 0 Å². The first-order valence-electron chi connectivity index (χ1n) is 6.33. The number of hydrogen-bond acceptors (Lipinski definition) is 6. The van der Waals surface area contributed by atoms with Crippen molar-refractivity contribution in [3.63, 3.8) is 0 Å². The number of thiophene rings is 1. The molecule has 2 rings (SSSR count). The van der Waals surface area contributed by atoms with E-state index >= 15 is 0 Å². The summed E-state index contributed by atoms with van der Waals surface area (Å²) in [7, 11) is 1.36. The van der Waals surface area contributed by atoms with E-state index in [4.69, 9.17) is 16.3 Å². The summed E-state index contributed by atoms with van der Waals surface area (Å²) in [4.78, 5) is 23.8. The van der Waals surface area contributed by atoms with E-state index in [0.29, 0.717) is 20.8 Å². The molecule has 0 aliphatic carbocycles. The number of carbonyl (C=O) groups is 1. The molecule has 0 N–H and O–H groups in total. The SMILES string of the molecule is CCN(CC)c1nc(Cl)c2c(C)c(C(=O)OC)sc2n1. The number of methoxy groups -OCH3 is 1. The van der Waals surface area contributed by atoms with Crippen molar-refractivity contribution in [1.29, 1.82) is 0 Å². The number of halogens is 1. The molecule has 0 amide bonds. The van der Waals surface area contributed by atoms with E-state index in [2.05, 4.69) is 9.97 Å². The number of aromatic nitrogens is 2. The van der Waals surface area contributed by atoms with Gasteiger partial charge < -0.3 is 9.64 Å². The van der Waals surface area contributed by atoms with Gasteiger partial charge in [0.2, 0.25) is 5.95 Å². The van der Waals surface area contributed by atoms with Crippen LogP contribution in [0.1, 0.15) is 29.1 Å². The molecule has 108 valence electrons. The summed E-state index contributed by atoms with van der Waals surface area (Å²) < 4.78 is 4.78. The average molecular weight is 314 g/mol. The van der Waals surface area contributed by atoms with Gasteiger partial charge in [-0.15, -0.1) is 11.3 Å². The number of rotatable bonds is 4. The monoisotopic (exact) mass is 313 g/mol. The molecule has 0 fully saturated rings. The van der Waals surface area contributed by atoms with E-state index in [9.17, 15) is 4.79 Å². The fraction of sp³-hybridized carbons (Fsp3) is 0.462. The van der Waals surface area contributed by atoms with Gasteiger partial charge in [0.05, 0.1) is 12.5 Å². The van der Waals surface area contributed by atoms with Crippen molar-refractivity contribution in [1.82, 2.24) is 9.97 Å². The Morgan fingerprint density at radius 3 is 2.55 bits per heavy atom. The van der Waals surface area contributed by atoms with Crippen LogP contribution in [0.5, 0.6) is 0 Å². The van der Waals surface area contributed by atoms with Crippen LogP contribution in [-0.2, 0) is 4.74 Å². The Bertz CT molecular complexity index is 653. The highest BCUT2D eigenvalue weighted by atomic mass is 35.5. The minimum Gasteiger partial charge on any atom is -0.465 e. The molecule has 0 unspecified atom stereocenters. The smallest absolute Gasteiger partial charge is 0.348 e. The number of fused-ring (bicyclic) bond motifs is 1. The summed E-state index contributed by atoms with van der Waals surface area (Å²) in [6.07, 6.45) is 0. The highest BCUT2D eigenvalue weighted by molar-refractivity contribution is 7.20. The predicted molar refractivity (Wildman–Crippen MR) is 82.1 cm³/mol. The molecule has 5 nitrogen and oxygen atoms in total. The average Bonchev–Trinajstić information content (AvgIpc) is 2.77. The largest absolute Gasteiger partial charge is 0.465 e. The maximum Gasteiger partial charge on any atom is 0.348 e. The molecule has 0 saturated heterocycles. The Labute approximate surface area is 126 Å². The van der Waals surface area contributed by atoms with Gasteiger partial charge in [-0.2, -0.15) is 0 Å². The van der Waals surface area contributed by atoms with Gasteiger partial charge in [0, 0.05) is 13.1 Å². The zero-order valence-corrected chi connectivity index (χ0v) is 13.4. The molecule has 0 atom stereocenters. The van der Waals surface area contributed by atoms with Crippen molar-refractivity contribution >= 4 is 45.1 Å². The minimum atomic E-state index is -0.369. The second kappa shape index (κ2) is 5.93. The van der Waals surface area contributed by atoms with Crippen LogP contribution in [0.4, 0.5) is 5.95 Å². The maximum atomic E-state index is 11.7. The van der Waals surface area contributed by atoms with E-state index in [0.717, 1.165) is 24.0 Å². The second-order valence-corrected chi connectivity index (χ2v) is 5.57. The third kappa shape index (κ3) is 2.45. The number of ether oxygens (including phenoxy) is 1. The molecule has 20 heavy (non-hydrogen) atoms. The Kier molecular flexibility index (Phi) is 4.45. The standard InChI is InChI=1S/C13H16ClN3O2S/c1-5-17(6-2)13-15-10(14)8-7(3)9(12(18)19-4)20-11(8)16-13/h5-6H2,1-4H3. The van der Waals surface area contributed by atoms with Crippen LogP contribution >= 0.6 is 22.9 Å². The number of nitrogens with zero attached hydrogens (tertiary/aromatic N) is 3. The molecule has 2 aromatic heterocycles. The molecule has 0 spiro atoms. The molecule has 0 saturated carbocycles. The van der Waals surface area contributed by atoms with Crippen molar-refractivity contribution in [3.8, 4) is 0 Å². The summed E-state index contributed by atoms with van der Waals surface area (Å²) in [5.74, 6) is 0.219. The third-order valence-electron chi connectivity index (χ3n) is 3.15. The van der Waals surface area contributed by atoms with Crippen molar-refractivity contribution in [3.05, 3.63) is 15.6 Å². The van der Waals surface area contributed by atoms with Gasteiger partial charge in [-0.3, -0.25) is 0 Å². The van der Waals surface area contributed by atoms with Crippen molar-refractivity contribution in [2.45, 2.75) is 20.8 Å². The van der Waals surface area contributed by atoms with Gasteiger partial charge in [0.25, 0.3) is 0 Å². The maximum absolute atomic E-state index is 11.7. The first-order chi connectivity index (χ1) is 9.53. The van der Waals surface area contributed by atoms with Crippen LogP contribution in [0, 0.1) is 6.92 Å². The van der Waals surface area contributed by atoms with E-state index in [1.54, 1.807) is 0 Å². The molecule has 2 heterocycles. The van der Waals surface area contributed by atoms with E-state index in [1.165, 1.54) is 18.4 Å². The number of aryl methyl sites for hydroxylation is 1. The summed E-state index contributed by atoms with van der Waals surface area (Å²) in [6.45, 7) is 7.49. The summed E-state index contributed by atoms with van der Waals surface area (Å²) in [5.41, 5.74) is 0.771. The first kappa shape index (κ1) is 15.0. The van der Waals surface area contributed by atoms with Gasteiger partial charge >= 0.3 is 5.97 Å². The number of anilines is 1. The number of hydrogen-bond donors (Lipinski definition) is 0. The van der Waals surface area contributed by atoms with E-state index in [-0.39, 0.29) is 5.97 Å². The lowest BCUT2D eigenvalue weighted by atomic mass is 10.2. The normalized spacial score (nSPS) is 10.8. The summed E-state index contributed by atoms with van der Waals surface area (Å²) in [5, 5.41) is 1.11. The van der Waals surface area contributed by atoms with Crippen LogP contribution in [0.3, 0.4) is 0 Å². The molecule has 2 aromatic rings. The van der Waals surface area contributed by atoms with Crippen LogP contribution in [0.2, 0.25) is 5.15 Å². The lowest BCUT2D eigenvalue weighted by molar-refractivity contribution is 0.0605. The molecule has 0 radical (unpaired) electrons. The van der Waals surface area contributed by atoms with Gasteiger partial charge in [0.1, 0.15) is 14.9 Å². The van der Waals surface area contributed by atoms with E-state index in [1.807, 2.05) is 25.7 Å². The van der Waals surface area contributed by atoms with Crippen LogP contribution in [0.25, 0.3) is 10.2 Å². The molecule has 0 aromatic carbocycles. The molecular formula is C13H16ClN3O2S. The Hall–Kier alpha value is -1.40. The quantitative estimate of drug-likeness (QED) is 0.640. The fourth-order valence-electron chi connectivity index (χ4n) is 2.01. The minimum absolute atomic E-state index is 0.369. The second-order valence-electron chi connectivity index (χ2n) is 4.21. The summed E-state index contributed by atoms with van der Waals surface area (Å²) >= 11 is 7.55. The molecule has 0 aliphatic rings. The van der Waals surface area contributed by atoms with E-state index < -0.39 is 0 Å². The lowest BCUT2D eigenvalue weighted by Gasteiger charge is -2.18. The highest BCUT2D eigenvalue weighted by Gasteiger charge is 2.21. The molecular weight excluding hydrogens is 298 g/mol. The fourth-order valence-corrected chi connectivity index (χ4v) is 3.47. The lowest BCUT2D eigenvalue weighted by Crippen LogP contribution is -2.24. The Morgan fingerprint density at radius 1 is 1.35 bits per heavy atom.